The summed E-state index contributed by atoms with van der Waals surface area (Å²) in [5, 5.41) is 2.94. The molecule has 1 N–H and O–H groups in total. The van der Waals surface area contributed by atoms with Crippen molar-refractivity contribution in [2.45, 2.75) is 20.3 Å². The third-order valence-electron chi connectivity index (χ3n) is 3.95. The van der Waals surface area contributed by atoms with Crippen LogP contribution in [0.25, 0.3) is 11.5 Å². The van der Waals surface area contributed by atoms with E-state index in [0.29, 0.717) is 24.4 Å². The first-order valence-corrected chi connectivity index (χ1v) is 8.00. The lowest BCUT2D eigenvalue weighted by atomic mass is 10.1. The first-order valence-electron chi connectivity index (χ1n) is 8.00. The molecule has 4 nitrogen and oxygen atoms in total. The molecule has 0 saturated carbocycles. The first-order chi connectivity index (χ1) is 11.6. The summed E-state index contributed by atoms with van der Waals surface area (Å²) in [6.07, 6.45) is 0.639. The number of carbonyl (C=O) groups is 1. The number of benzene rings is 2. The highest BCUT2D eigenvalue weighted by Gasteiger charge is 2.12. The van der Waals surface area contributed by atoms with Crippen LogP contribution in [0, 0.1) is 13.8 Å². The maximum absolute atomic E-state index is 12.2. The van der Waals surface area contributed by atoms with Crippen LogP contribution in [0.5, 0.6) is 0 Å². The fourth-order valence-corrected chi connectivity index (χ4v) is 2.58. The summed E-state index contributed by atoms with van der Waals surface area (Å²) in [7, 11) is 0. The van der Waals surface area contributed by atoms with Crippen molar-refractivity contribution in [2.24, 2.45) is 0 Å². The molecule has 1 aromatic heterocycles. The van der Waals surface area contributed by atoms with E-state index in [1.54, 1.807) is 0 Å². The topological polar surface area (TPSA) is 55.1 Å². The normalized spacial score (nSPS) is 10.6. The minimum Gasteiger partial charge on any atom is -0.441 e. The summed E-state index contributed by atoms with van der Waals surface area (Å²) in [5.74, 6) is 1.35. The standard InChI is InChI=1S/C20H20N2O2/c1-14-8-6-7-11-17(14)19(23)21-13-12-18-15(2)24-20(22-18)16-9-4-3-5-10-16/h3-11H,12-13H2,1-2H3,(H,21,23). The largest absolute Gasteiger partial charge is 0.441 e. The summed E-state index contributed by atoms with van der Waals surface area (Å²) >= 11 is 0. The zero-order valence-electron chi connectivity index (χ0n) is 13.9. The summed E-state index contributed by atoms with van der Waals surface area (Å²) < 4.78 is 5.74. The summed E-state index contributed by atoms with van der Waals surface area (Å²) in [6, 6.07) is 17.4. The summed E-state index contributed by atoms with van der Waals surface area (Å²) in [5.41, 5.74) is 3.51. The molecule has 0 spiro atoms. The number of rotatable bonds is 5. The highest BCUT2D eigenvalue weighted by molar-refractivity contribution is 5.95. The number of hydrogen-bond acceptors (Lipinski definition) is 3. The molecule has 0 fully saturated rings. The van der Waals surface area contributed by atoms with Crippen LogP contribution in [-0.4, -0.2) is 17.4 Å². The van der Waals surface area contributed by atoms with Crippen molar-refractivity contribution in [3.63, 3.8) is 0 Å². The Labute approximate surface area is 141 Å². The van der Waals surface area contributed by atoms with Gasteiger partial charge in [-0.05, 0) is 37.6 Å². The fraction of sp³-hybridized carbons (Fsp3) is 0.200. The lowest BCUT2D eigenvalue weighted by molar-refractivity contribution is 0.0953. The van der Waals surface area contributed by atoms with Crippen molar-refractivity contribution in [2.75, 3.05) is 6.54 Å². The van der Waals surface area contributed by atoms with Crippen LogP contribution >= 0.6 is 0 Å². The smallest absolute Gasteiger partial charge is 0.251 e. The molecule has 24 heavy (non-hydrogen) atoms. The van der Waals surface area contributed by atoms with E-state index in [0.717, 1.165) is 22.6 Å². The van der Waals surface area contributed by atoms with E-state index in [2.05, 4.69) is 10.3 Å². The van der Waals surface area contributed by atoms with E-state index in [1.165, 1.54) is 0 Å². The molecule has 3 aromatic rings. The molecular formula is C20H20N2O2. The molecule has 4 heteroatoms. The van der Waals surface area contributed by atoms with Gasteiger partial charge in [0.1, 0.15) is 5.76 Å². The van der Waals surface area contributed by atoms with Crippen LogP contribution in [0.4, 0.5) is 0 Å². The van der Waals surface area contributed by atoms with Crippen molar-refractivity contribution < 1.29 is 9.21 Å². The third kappa shape index (κ3) is 3.54. The van der Waals surface area contributed by atoms with E-state index in [9.17, 15) is 4.79 Å². The van der Waals surface area contributed by atoms with Gasteiger partial charge in [-0.1, -0.05) is 36.4 Å². The zero-order chi connectivity index (χ0) is 16.9. The van der Waals surface area contributed by atoms with Crippen LogP contribution in [-0.2, 0) is 6.42 Å². The Balaban J connectivity index is 1.62. The van der Waals surface area contributed by atoms with E-state index in [4.69, 9.17) is 4.42 Å². The fourth-order valence-electron chi connectivity index (χ4n) is 2.58. The Morgan fingerprint density at radius 1 is 1.04 bits per heavy atom. The average molecular weight is 320 g/mol. The molecule has 0 aliphatic rings. The van der Waals surface area contributed by atoms with Gasteiger partial charge in [0, 0.05) is 24.1 Å². The molecule has 0 aliphatic carbocycles. The van der Waals surface area contributed by atoms with Crippen molar-refractivity contribution >= 4 is 5.91 Å². The number of nitrogens with one attached hydrogen (secondary N) is 1. The number of oxazole rings is 1. The summed E-state index contributed by atoms with van der Waals surface area (Å²) in [6.45, 7) is 4.36. The number of aromatic nitrogens is 1. The van der Waals surface area contributed by atoms with Gasteiger partial charge in [-0.3, -0.25) is 4.79 Å². The Kier molecular flexibility index (Phi) is 4.75. The number of aryl methyl sites for hydroxylation is 2. The van der Waals surface area contributed by atoms with E-state index in [-0.39, 0.29) is 5.91 Å². The quantitative estimate of drug-likeness (QED) is 0.775. The minimum absolute atomic E-state index is 0.0578. The van der Waals surface area contributed by atoms with Gasteiger partial charge in [0.25, 0.3) is 5.91 Å². The molecule has 0 aliphatic heterocycles. The number of carbonyl (C=O) groups excluding carboxylic acids is 1. The molecule has 2 aromatic carbocycles. The van der Waals surface area contributed by atoms with Crippen molar-refractivity contribution in [1.82, 2.24) is 10.3 Å². The van der Waals surface area contributed by atoms with E-state index >= 15 is 0 Å². The second kappa shape index (κ2) is 7.13. The van der Waals surface area contributed by atoms with Gasteiger partial charge in [0.05, 0.1) is 5.69 Å². The maximum Gasteiger partial charge on any atom is 0.251 e. The maximum atomic E-state index is 12.2. The number of hydrogen-bond donors (Lipinski definition) is 1. The molecule has 0 saturated heterocycles. The second-order valence-electron chi connectivity index (χ2n) is 5.71. The monoisotopic (exact) mass is 320 g/mol. The van der Waals surface area contributed by atoms with Crippen LogP contribution in [0.1, 0.15) is 27.4 Å². The summed E-state index contributed by atoms with van der Waals surface area (Å²) in [4.78, 5) is 16.8. The van der Waals surface area contributed by atoms with Crippen LogP contribution in [0.2, 0.25) is 0 Å². The predicted octanol–water partition coefficient (Wildman–Crippen LogP) is 3.93. The second-order valence-corrected chi connectivity index (χ2v) is 5.71. The Bertz CT molecular complexity index is 838. The first kappa shape index (κ1) is 16.0. The molecule has 0 bridgehead atoms. The van der Waals surface area contributed by atoms with Crippen molar-refractivity contribution in [3.05, 3.63) is 77.2 Å². The number of nitrogens with zero attached hydrogens (tertiary/aromatic N) is 1. The predicted molar refractivity (Wildman–Crippen MR) is 93.9 cm³/mol. The van der Waals surface area contributed by atoms with E-state index < -0.39 is 0 Å². The highest BCUT2D eigenvalue weighted by atomic mass is 16.4. The van der Waals surface area contributed by atoms with Gasteiger partial charge in [0.2, 0.25) is 5.89 Å². The Morgan fingerprint density at radius 2 is 1.75 bits per heavy atom. The molecule has 0 radical (unpaired) electrons. The highest BCUT2D eigenvalue weighted by Crippen LogP contribution is 2.21. The Morgan fingerprint density at radius 3 is 2.50 bits per heavy atom. The van der Waals surface area contributed by atoms with Gasteiger partial charge >= 0.3 is 0 Å². The van der Waals surface area contributed by atoms with Gasteiger partial charge in [0.15, 0.2) is 0 Å². The van der Waals surface area contributed by atoms with E-state index in [1.807, 2.05) is 68.4 Å². The molecule has 1 heterocycles. The molecule has 1 amide bonds. The third-order valence-corrected chi connectivity index (χ3v) is 3.95. The number of amides is 1. The minimum atomic E-state index is -0.0578. The van der Waals surface area contributed by atoms with Crippen molar-refractivity contribution in [1.29, 1.82) is 0 Å². The van der Waals surface area contributed by atoms with Gasteiger partial charge in [-0.25, -0.2) is 4.98 Å². The zero-order valence-corrected chi connectivity index (χ0v) is 13.9. The van der Waals surface area contributed by atoms with Crippen LogP contribution in [0.3, 0.4) is 0 Å². The van der Waals surface area contributed by atoms with Crippen LogP contribution in [0.15, 0.2) is 59.0 Å². The SMILES string of the molecule is Cc1ccccc1C(=O)NCCc1nc(-c2ccccc2)oc1C. The van der Waals surface area contributed by atoms with Crippen LogP contribution < -0.4 is 5.32 Å². The molecule has 122 valence electrons. The average Bonchev–Trinajstić information content (AvgIpc) is 2.97. The van der Waals surface area contributed by atoms with Gasteiger partial charge in [-0.2, -0.15) is 0 Å². The molecule has 0 unspecified atom stereocenters. The molecule has 0 atom stereocenters. The van der Waals surface area contributed by atoms with Gasteiger partial charge in [-0.15, -0.1) is 0 Å². The lowest BCUT2D eigenvalue weighted by Gasteiger charge is -2.06. The van der Waals surface area contributed by atoms with Gasteiger partial charge < -0.3 is 9.73 Å². The van der Waals surface area contributed by atoms with Crippen molar-refractivity contribution in [3.8, 4) is 11.5 Å². The molecular weight excluding hydrogens is 300 g/mol. The Hall–Kier alpha value is -2.88. The lowest BCUT2D eigenvalue weighted by Crippen LogP contribution is -2.26. The molecule has 3 rings (SSSR count).